The van der Waals surface area contributed by atoms with Crippen LogP contribution < -0.4 is 4.74 Å². The van der Waals surface area contributed by atoms with Gasteiger partial charge in [-0.1, -0.05) is 42.5 Å². The minimum Gasteiger partial charge on any atom is -0.488 e. The van der Waals surface area contributed by atoms with E-state index in [1.807, 2.05) is 30.3 Å². The van der Waals surface area contributed by atoms with Crippen LogP contribution in [-0.2, 0) is 6.61 Å². The summed E-state index contributed by atoms with van der Waals surface area (Å²) in [7, 11) is 0. The number of fused-ring (bicyclic) bond motifs is 1. The first-order valence-corrected chi connectivity index (χ1v) is 7.44. The van der Waals surface area contributed by atoms with E-state index < -0.39 is 4.92 Å². The lowest BCUT2D eigenvalue weighted by molar-refractivity contribution is -0.385. The van der Waals surface area contributed by atoms with Crippen LogP contribution in [0.15, 0.2) is 54.6 Å². The van der Waals surface area contributed by atoms with E-state index in [4.69, 9.17) is 4.74 Å². The fourth-order valence-corrected chi connectivity index (χ4v) is 2.70. The van der Waals surface area contributed by atoms with Gasteiger partial charge in [-0.25, -0.2) is 0 Å². The van der Waals surface area contributed by atoms with Gasteiger partial charge in [-0.15, -0.1) is 0 Å². The van der Waals surface area contributed by atoms with Crippen molar-refractivity contribution in [2.45, 2.75) is 13.5 Å². The maximum absolute atomic E-state index is 11.5. The van der Waals surface area contributed by atoms with Crippen LogP contribution in [0.4, 0.5) is 5.69 Å². The summed E-state index contributed by atoms with van der Waals surface area (Å²) in [6.07, 6.45) is 0.776. The van der Waals surface area contributed by atoms with Crippen LogP contribution in [0.1, 0.15) is 21.5 Å². The zero-order valence-corrected chi connectivity index (χ0v) is 13.1. The highest BCUT2D eigenvalue weighted by molar-refractivity contribution is 6.00. The van der Waals surface area contributed by atoms with E-state index in [1.54, 1.807) is 25.1 Å². The van der Waals surface area contributed by atoms with Crippen LogP contribution >= 0.6 is 0 Å². The molecule has 5 heteroatoms. The van der Waals surface area contributed by atoms with Crippen LogP contribution in [0.25, 0.3) is 10.8 Å². The quantitative estimate of drug-likeness (QED) is 0.395. The summed E-state index contributed by atoms with van der Waals surface area (Å²) >= 11 is 0. The predicted octanol–water partition coefficient (Wildman–Crippen LogP) is 4.45. The van der Waals surface area contributed by atoms with E-state index in [2.05, 4.69) is 0 Å². The van der Waals surface area contributed by atoms with Gasteiger partial charge >= 0.3 is 0 Å². The smallest absolute Gasteiger partial charge is 0.272 e. The van der Waals surface area contributed by atoms with Crippen LogP contribution in [-0.4, -0.2) is 11.2 Å². The molecule has 3 aromatic carbocycles. The third-order valence-corrected chi connectivity index (χ3v) is 4.05. The molecule has 0 aliphatic heterocycles. The van der Waals surface area contributed by atoms with Crippen molar-refractivity contribution in [1.82, 2.24) is 0 Å². The van der Waals surface area contributed by atoms with Gasteiger partial charge < -0.3 is 4.74 Å². The minimum atomic E-state index is -0.411. The van der Waals surface area contributed by atoms with E-state index in [0.29, 0.717) is 22.4 Å². The summed E-state index contributed by atoms with van der Waals surface area (Å²) in [6.45, 7) is 1.85. The molecule has 120 valence electrons. The van der Waals surface area contributed by atoms with Crippen molar-refractivity contribution in [3.05, 3.63) is 81.4 Å². The average Bonchev–Trinajstić information content (AvgIpc) is 2.60. The maximum Gasteiger partial charge on any atom is 0.272 e. The Morgan fingerprint density at radius 1 is 1.08 bits per heavy atom. The summed E-state index contributed by atoms with van der Waals surface area (Å²) in [4.78, 5) is 22.1. The molecule has 0 spiro atoms. The van der Waals surface area contributed by atoms with Crippen molar-refractivity contribution in [2.24, 2.45) is 0 Å². The first-order valence-electron chi connectivity index (χ1n) is 7.44. The van der Waals surface area contributed by atoms with E-state index in [9.17, 15) is 14.9 Å². The molecule has 5 nitrogen and oxygen atoms in total. The summed E-state index contributed by atoms with van der Waals surface area (Å²) < 4.78 is 5.78. The first-order chi connectivity index (χ1) is 11.6. The Bertz CT molecular complexity index is 934. The van der Waals surface area contributed by atoms with Gasteiger partial charge in [0.05, 0.1) is 10.5 Å². The second-order valence-electron chi connectivity index (χ2n) is 5.42. The fraction of sp³-hybridized carbons (Fsp3) is 0.105. The molecule has 0 radical (unpaired) electrons. The number of benzene rings is 3. The zero-order chi connectivity index (χ0) is 17.1. The number of carbonyl (C=O) groups is 1. The number of carbonyl (C=O) groups excluding carboxylic acids is 1. The molecule has 0 bridgehead atoms. The number of nitro groups is 1. The Kier molecular flexibility index (Phi) is 4.24. The molecule has 3 rings (SSSR count). The molecule has 0 aliphatic carbocycles. The third kappa shape index (κ3) is 2.84. The van der Waals surface area contributed by atoms with Crippen molar-refractivity contribution >= 4 is 22.7 Å². The Balaban J connectivity index is 1.93. The molecular formula is C19H15NO4. The largest absolute Gasteiger partial charge is 0.488 e. The molecular weight excluding hydrogens is 306 g/mol. The van der Waals surface area contributed by atoms with E-state index in [0.717, 1.165) is 17.1 Å². The van der Waals surface area contributed by atoms with E-state index >= 15 is 0 Å². The van der Waals surface area contributed by atoms with Gasteiger partial charge in [0.2, 0.25) is 0 Å². The second-order valence-corrected chi connectivity index (χ2v) is 5.42. The van der Waals surface area contributed by atoms with Crippen molar-refractivity contribution in [2.75, 3.05) is 0 Å². The number of hydrogen-bond acceptors (Lipinski definition) is 4. The lowest BCUT2D eigenvalue weighted by Crippen LogP contribution is -2.02. The monoisotopic (exact) mass is 321 g/mol. The minimum absolute atomic E-state index is 0.0604. The predicted molar refractivity (Wildman–Crippen MR) is 91.5 cm³/mol. The zero-order valence-electron chi connectivity index (χ0n) is 13.1. The summed E-state index contributed by atoms with van der Waals surface area (Å²) in [5.74, 6) is 0.467. The van der Waals surface area contributed by atoms with Gasteiger partial charge in [-0.3, -0.25) is 14.9 Å². The van der Waals surface area contributed by atoms with Gasteiger partial charge in [0.1, 0.15) is 12.4 Å². The number of rotatable bonds is 5. The van der Waals surface area contributed by atoms with Crippen LogP contribution in [0.3, 0.4) is 0 Å². The Morgan fingerprint density at radius 3 is 2.62 bits per heavy atom. The highest BCUT2D eigenvalue weighted by Gasteiger charge is 2.14. The highest BCUT2D eigenvalue weighted by Crippen LogP contribution is 2.28. The molecule has 0 aromatic heterocycles. The van der Waals surface area contributed by atoms with Gasteiger partial charge in [-0.2, -0.15) is 0 Å². The number of hydrogen-bond donors (Lipinski definition) is 0. The molecule has 24 heavy (non-hydrogen) atoms. The lowest BCUT2D eigenvalue weighted by Gasteiger charge is -2.12. The third-order valence-electron chi connectivity index (χ3n) is 4.05. The van der Waals surface area contributed by atoms with E-state index in [-0.39, 0.29) is 12.3 Å². The van der Waals surface area contributed by atoms with Crippen LogP contribution in [0.2, 0.25) is 0 Å². The topological polar surface area (TPSA) is 69.4 Å². The molecule has 0 N–H and O–H groups in total. The molecule has 0 amide bonds. The Hall–Kier alpha value is -3.21. The first kappa shape index (κ1) is 15.7. The summed E-state index contributed by atoms with van der Waals surface area (Å²) in [5, 5.41) is 12.8. The van der Waals surface area contributed by atoms with Gasteiger partial charge in [0.15, 0.2) is 6.29 Å². The van der Waals surface area contributed by atoms with Crippen molar-refractivity contribution in [3.63, 3.8) is 0 Å². The molecule has 0 fully saturated rings. The standard InChI is InChI=1S/C19H15NO4/c1-13-15(6-4-8-18(13)20(22)23)12-24-19-10-9-14-5-2-3-7-16(14)17(19)11-21/h2-11H,12H2,1H3. The van der Waals surface area contributed by atoms with Crippen LogP contribution in [0.5, 0.6) is 5.75 Å². The SMILES string of the molecule is Cc1c(COc2ccc3ccccc3c2C=O)cccc1[N+](=O)[O-]. The normalized spacial score (nSPS) is 10.5. The van der Waals surface area contributed by atoms with Gasteiger partial charge in [0.25, 0.3) is 5.69 Å². The maximum atomic E-state index is 11.5. The average molecular weight is 321 g/mol. The van der Waals surface area contributed by atoms with Gasteiger partial charge in [-0.05, 0) is 29.3 Å². The van der Waals surface area contributed by atoms with Crippen molar-refractivity contribution in [1.29, 1.82) is 0 Å². The number of ether oxygens (including phenoxy) is 1. The molecule has 0 atom stereocenters. The van der Waals surface area contributed by atoms with E-state index in [1.165, 1.54) is 6.07 Å². The fourth-order valence-electron chi connectivity index (χ4n) is 2.70. The molecule has 0 aliphatic rings. The van der Waals surface area contributed by atoms with Crippen molar-refractivity contribution in [3.8, 4) is 5.75 Å². The highest BCUT2D eigenvalue weighted by atomic mass is 16.6. The molecule has 0 unspecified atom stereocenters. The Morgan fingerprint density at radius 2 is 1.88 bits per heavy atom. The molecule has 3 aromatic rings. The lowest BCUT2D eigenvalue weighted by atomic mass is 10.0. The second kappa shape index (κ2) is 6.50. The number of nitro benzene ring substituents is 1. The number of nitrogens with zero attached hydrogens (tertiary/aromatic N) is 1. The van der Waals surface area contributed by atoms with Crippen LogP contribution in [0, 0.1) is 17.0 Å². The van der Waals surface area contributed by atoms with Gasteiger partial charge in [0, 0.05) is 11.6 Å². The van der Waals surface area contributed by atoms with Crippen molar-refractivity contribution < 1.29 is 14.5 Å². The molecule has 0 saturated carbocycles. The summed E-state index contributed by atoms with van der Waals surface area (Å²) in [6, 6.07) is 16.1. The molecule has 0 heterocycles. The Labute approximate surface area is 138 Å². The number of aldehydes is 1. The molecule has 0 saturated heterocycles. The summed E-state index contributed by atoms with van der Waals surface area (Å²) in [5.41, 5.74) is 1.83.